The van der Waals surface area contributed by atoms with E-state index >= 15 is 0 Å². The van der Waals surface area contributed by atoms with Gasteiger partial charge in [-0.25, -0.2) is 0 Å². The maximum absolute atomic E-state index is 6.10. The zero-order valence-corrected chi connectivity index (χ0v) is 13.5. The van der Waals surface area contributed by atoms with Gasteiger partial charge in [0.25, 0.3) is 0 Å². The Hall–Kier alpha value is -1.14. The summed E-state index contributed by atoms with van der Waals surface area (Å²) in [5.41, 5.74) is 1.07. The van der Waals surface area contributed by atoms with Gasteiger partial charge in [0.2, 0.25) is 0 Å². The van der Waals surface area contributed by atoms with Crippen LogP contribution in [0.1, 0.15) is 23.9 Å². The van der Waals surface area contributed by atoms with Crippen molar-refractivity contribution >= 4 is 23.2 Å². The second-order valence-corrected chi connectivity index (χ2v) is 5.56. The fourth-order valence-corrected chi connectivity index (χ4v) is 2.34. The van der Waals surface area contributed by atoms with Crippen LogP contribution in [-0.4, -0.2) is 28.5 Å². The van der Waals surface area contributed by atoms with E-state index in [2.05, 4.69) is 15.5 Å². The molecule has 7 heteroatoms. The molecule has 1 atom stereocenters. The molecule has 0 aliphatic heterocycles. The third kappa shape index (κ3) is 4.41. The van der Waals surface area contributed by atoms with Gasteiger partial charge in [-0.2, -0.15) is 0 Å². The van der Waals surface area contributed by atoms with Crippen LogP contribution in [0.2, 0.25) is 10.0 Å². The summed E-state index contributed by atoms with van der Waals surface area (Å²) < 4.78 is 7.06. The van der Waals surface area contributed by atoms with Gasteiger partial charge in [0.1, 0.15) is 12.2 Å². The van der Waals surface area contributed by atoms with Gasteiger partial charge in [-0.1, -0.05) is 29.3 Å². The average molecular weight is 329 g/mol. The van der Waals surface area contributed by atoms with Crippen molar-refractivity contribution < 1.29 is 4.74 Å². The van der Waals surface area contributed by atoms with Crippen LogP contribution in [0.15, 0.2) is 24.5 Å². The first-order chi connectivity index (χ1) is 10.1. The topological polar surface area (TPSA) is 52.0 Å². The van der Waals surface area contributed by atoms with E-state index in [-0.39, 0.29) is 6.04 Å². The average Bonchev–Trinajstić information content (AvgIpc) is 2.88. The summed E-state index contributed by atoms with van der Waals surface area (Å²) >= 11 is 12.1. The summed E-state index contributed by atoms with van der Waals surface area (Å²) in [6.45, 7) is 1.27. The monoisotopic (exact) mass is 328 g/mol. The third-order valence-electron chi connectivity index (χ3n) is 3.27. The van der Waals surface area contributed by atoms with Crippen LogP contribution in [0.4, 0.5) is 0 Å². The van der Waals surface area contributed by atoms with E-state index in [1.165, 1.54) is 0 Å². The number of nitrogens with one attached hydrogen (secondary N) is 1. The molecule has 2 aromatic rings. The van der Waals surface area contributed by atoms with Gasteiger partial charge < -0.3 is 14.6 Å². The Morgan fingerprint density at radius 3 is 2.76 bits per heavy atom. The summed E-state index contributed by atoms with van der Waals surface area (Å²) in [5, 5.41) is 12.5. The van der Waals surface area contributed by atoms with Crippen molar-refractivity contribution in [2.24, 2.45) is 7.05 Å². The second-order valence-electron chi connectivity index (χ2n) is 4.75. The van der Waals surface area contributed by atoms with Crippen LogP contribution in [0.25, 0.3) is 0 Å². The fourth-order valence-electron chi connectivity index (χ4n) is 2.03. The van der Waals surface area contributed by atoms with Gasteiger partial charge in [-0.3, -0.25) is 0 Å². The predicted octanol–water partition coefficient (Wildman–Crippen LogP) is 2.99. The lowest BCUT2D eigenvalue weighted by atomic mass is 10.0. The molecule has 0 spiro atoms. The van der Waals surface area contributed by atoms with E-state index in [9.17, 15) is 0 Å². The molecule has 0 fully saturated rings. The summed E-state index contributed by atoms with van der Waals surface area (Å²) in [5.74, 6) is 0.873. The Balaban J connectivity index is 2.09. The Labute approximate surface area is 134 Å². The molecule has 0 aliphatic carbocycles. The summed E-state index contributed by atoms with van der Waals surface area (Å²) in [6, 6.07) is 5.77. The van der Waals surface area contributed by atoms with E-state index in [1.807, 2.05) is 29.8 Å². The number of benzene rings is 1. The van der Waals surface area contributed by atoms with Crippen molar-refractivity contribution in [2.45, 2.75) is 19.0 Å². The van der Waals surface area contributed by atoms with Gasteiger partial charge in [-0.15, -0.1) is 10.2 Å². The molecule has 2 rings (SSSR count). The normalized spacial score (nSPS) is 12.6. The van der Waals surface area contributed by atoms with Crippen LogP contribution in [-0.2, 0) is 18.3 Å². The molecule has 0 radical (unpaired) electrons. The van der Waals surface area contributed by atoms with Crippen LogP contribution < -0.4 is 5.32 Å². The molecule has 114 valence electrons. The molecule has 0 saturated carbocycles. The molecule has 0 unspecified atom stereocenters. The highest BCUT2D eigenvalue weighted by molar-refractivity contribution is 6.42. The van der Waals surface area contributed by atoms with E-state index in [1.54, 1.807) is 13.4 Å². The minimum atomic E-state index is 0.108. The van der Waals surface area contributed by atoms with E-state index in [4.69, 9.17) is 27.9 Å². The Kier molecular flexibility index (Phi) is 5.99. The second kappa shape index (κ2) is 7.75. The largest absolute Gasteiger partial charge is 0.385 e. The Morgan fingerprint density at radius 2 is 2.14 bits per heavy atom. The zero-order valence-electron chi connectivity index (χ0n) is 12.0. The van der Waals surface area contributed by atoms with Crippen LogP contribution in [0.3, 0.4) is 0 Å². The molecule has 21 heavy (non-hydrogen) atoms. The summed E-state index contributed by atoms with van der Waals surface area (Å²) in [7, 11) is 3.61. The minimum absolute atomic E-state index is 0.108. The number of ether oxygens (including phenoxy) is 1. The highest BCUT2D eigenvalue weighted by atomic mass is 35.5. The van der Waals surface area contributed by atoms with Gasteiger partial charge >= 0.3 is 0 Å². The quantitative estimate of drug-likeness (QED) is 0.848. The lowest BCUT2D eigenvalue weighted by Gasteiger charge is -2.19. The number of aromatic nitrogens is 3. The van der Waals surface area contributed by atoms with Gasteiger partial charge in [0, 0.05) is 26.8 Å². The third-order valence-corrected chi connectivity index (χ3v) is 4.01. The first-order valence-corrected chi connectivity index (χ1v) is 7.37. The minimum Gasteiger partial charge on any atom is -0.385 e. The van der Waals surface area contributed by atoms with Crippen LogP contribution in [0.5, 0.6) is 0 Å². The standard InChI is InChI=1S/C14H18Cl2N4O/c1-20-9-18-19-14(20)8-17-13(5-6-21-2)10-3-4-11(15)12(16)7-10/h3-4,7,9,13,17H,5-6,8H2,1-2H3/t13-/m1/s1. The number of aryl methyl sites for hydroxylation is 1. The first-order valence-electron chi connectivity index (χ1n) is 6.62. The van der Waals surface area contributed by atoms with Crippen molar-refractivity contribution in [3.63, 3.8) is 0 Å². The van der Waals surface area contributed by atoms with Crippen molar-refractivity contribution in [2.75, 3.05) is 13.7 Å². The highest BCUT2D eigenvalue weighted by Gasteiger charge is 2.13. The molecule has 1 N–H and O–H groups in total. The molecule has 0 aliphatic rings. The maximum Gasteiger partial charge on any atom is 0.146 e. The SMILES string of the molecule is COCC[C@@H](NCc1nncn1C)c1ccc(Cl)c(Cl)c1. The Morgan fingerprint density at radius 1 is 1.33 bits per heavy atom. The molecular formula is C14H18Cl2N4O. The fraction of sp³-hybridized carbons (Fsp3) is 0.429. The lowest BCUT2D eigenvalue weighted by molar-refractivity contribution is 0.182. The number of rotatable bonds is 7. The molecule has 1 aromatic carbocycles. The van der Waals surface area contributed by atoms with Crippen LogP contribution in [0, 0.1) is 0 Å². The number of hydrogen-bond acceptors (Lipinski definition) is 4. The van der Waals surface area contributed by atoms with Crippen molar-refractivity contribution in [1.82, 2.24) is 20.1 Å². The van der Waals surface area contributed by atoms with Crippen molar-refractivity contribution in [3.8, 4) is 0 Å². The first kappa shape index (κ1) is 16.2. The molecule has 1 aromatic heterocycles. The highest BCUT2D eigenvalue weighted by Crippen LogP contribution is 2.27. The van der Waals surface area contributed by atoms with Crippen molar-refractivity contribution in [3.05, 3.63) is 46.0 Å². The molecule has 5 nitrogen and oxygen atoms in total. The number of halogens is 2. The predicted molar refractivity (Wildman–Crippen MR) is 83.5 cm³/mol. The van der Waals surface area contributed by atoms with E-state index < -0.39 is 0 Å². The smallest absolute Gasteiger partial charge is 0.146 e. The molecular weight excluding hydrogens is 311 g/mol. The van der Waals surface area contributed by atoms with Gasteiger partial charge in [-0.05, 0) is 24.1 Å². The van der Waals surface area contributed by atoms with Crippen molar-refractivity contribution in [1.29, 1.82) is 0 Å². The number of nitrogens with zero attached hydrogens (tertiary/aromatic N) is 3. The van der Waals surface area contributed by atoms with Gasteiger partial charge in [0.15, 0.2) is 0 Å². The Bertz CT molecular complexity index is 588. The van der Waals surface area contributed by atoms with E-state index in [0.717, 1.165) is 17.8 Å². The zero-order chi connectivity index (χ0) is 15.2. The summed E-state index contributed by atoms with van der Waals surface area (Å²) in [4.78, 5) is 0. The lowest BCUT2D eigenvalue weighted by Crippen LogP contribution is -2.23. The molecule has 0 saturated heterocycles. The van der Waals surface area contributed by atoms with Gasteiger partial charge in [0.05, 0.1) is 16.6 Å². The molecule has 0 bridgehead atoms. The van der Waals surface area contributed by atoms with Crippen LogP contribution >= 0.6 is 23.2 Å². The molecule has 0 amide bonds. The summed E-state index contributed by atoms with van der Waals surface area (Å²) in [6.07, 6.45) is 2.51. The molecule has 1 heterocycles. The number of methoxy groups -OCH3 is 1. The maximum atomic E-state index is 6.10. The number of hydrogen-bond donors (Lipinski definition) is 1. The van der Waals surface area contributed by atoms with E-state index in [0.29, 0.717) is 23.2 Å².